The van der Waals surface area contributed by atoms with Crippen molar-refractivity contribution in [1.29, 1.82) is 0 Å². The highest BCUT2D eigenvalue weighted by molar-refractivity contribution is 6.01. The molecule has 1 amide bonds. The highest BCUT2D eigenvalue weighted by Gasteiger charge is 2.01. The van der Waals surface area contributed by atoms with E-state index in [2.05, 4.69) is 4.99 Å². The SMILES string of the molecule is Cl.NC(N)=NC(=O)c1ccccc1. The number of hydrogen-bond donors (Lipinski definition) is 2. The van der Waals surface area contributed by atoms with Gasteiger partial charge in [0.25, 0.3) is 5.91 Å². The largest absolute Gasteiger partial charge is 0.370 e. The molecule has 13 heavy (non-hydrogen) atoms. The van der Waals surface area contributed by atoms with Crippen LogP contribution in [-0.2, 0) is 0 Å². The van der Waals surface area contributed by atoms with Crippen LogP contribution in [0.15, 0.2) is 35.3 Å². The first kappa shape index (κ1) is 11.4. The molecular formula is C8H10ClN3O. The van der Waals surface area contributed by atoms with Crippen molar-refractivity contribution in [2.45, 2.75) is 0 Å². The van der Waals surface area contributed by atoms with Crippen molar-refractivity contribution in [3.63, 3.8) is 0 Å². The fraction of sp³-hybridized carbons (Fsp3) is 0. The van der Waals surface area contributed by atoms with Gasteiger partial charge in [-0.3, -0.25) is 4.79 Å². The number of amides is 1. The van der Waals surface area contributed by atoms with Gasteiger partial charge in [-0.2, -0.15) is 4.99 Å². The molecule has 0 atom stereocenters. The van der Waals surface area contributed by atoms with Gasteiger partial charge in [-0.15, -0.1) is 12.4 Å². The van der Waals surface area contributed by atoms with Crippen LogP contribution in [0.2, 0.25) is 0 Å². The molecule has 0 spiro atoms. The van der Waals surface area contributed by atoms with Crippen LogP contribution < -0.4 is 11.5 Å². The molecule has 1 rings (SSSR count). The van der Waals surface area contributed by atoms with Gasteiger partial charge in [0.15, 0.2) is 5.96 Å². The number of hydrogen-bond acceptors (Lipinski definition) is 1. The average Bonchev–Trinajstić information content (AvgIpc) is 2.05. The summed E-state index contributed by atoms with van der Waals surface area (Å²) in [6.45, 7) is 0. The second-order valence-corrected chi connectivity index (χ2v) is 2.21. The Morgan fingerprint density at radius 1 is 1.15 bits per heavy atom. The quantitative estimate of drug-likeness (QED) is 0.511. The Balaban J connectivity index is 0.00000144. The Bertz CT molecular complexity index is 306. The predicted molar refractivity (Wildman–Crippen MR) is 53.8 cm³/mol. The van der Waals surface area contributed by atoms with E-state index >= 15 is 0 Å². The zero-order valence-electron chi connectivity index (χ0n) is 6.81. The summed E-state index contributed by atoms with van der Waals surface area (Å²) in [4.78, 5) is 14.5. The normalized spacial score (nSPS) is 8.31. The number of rotatable bonds is 1. The van der Waals surface area contributed by atoms with Crippen LogP contribution in [0.5, 0.6) is 0 Å². The molecule has 0 radical (unpaired) electrons. The molecular weight excluding hydrogens is 190 g/mol. The summed E-state index contributed by atoms with van der Waals surface area (Å²) in [6.07, 6.45) is 0. The highest BCUT2D eigenvalue weighted by Crippen LogP contribution is 1.99. The molecule has 4 N–H and O–H groups in total. The topological polar surface area (TPSA) is 81.5 Å². The van der Waals surface area contributed by atoms with Gasteiger partial charge < -0.3 is 11.5 Å². The van der Waals surface area contributed by atoms with E-state index in [-0.39, 0.29) is 18.4 Å². The van der Waals surface area contributed by atoms with Crippen molar-refractivity contribution < 1.29 is 4.79 Å². The van der Waals surface area contributed by atoms with Crippen molar-refractivity contribution in [3.8, 4) is 0 Å². The van der Waals surface area contributed by atoms with Crippen LogP contribution in [0.4, 0.5) is 0 Å². The Morgan fingerprint density at radius 2 is 1.69 bits per heavy atom. The van der Waals surface area contributed by atoms with Crippen LogP contribution >= 0.6 is 12.4 Å². The van der Waals surface area contributed by atoms with Crippen molar-refractivity contribution in [1.82, 2.24) is 0 Å². The predicted octanol–water partition coefficient (Wildman–Crippen LogP) is 0.522. The number of guanidine groups is 1. The molecule has 5 heteroatoms. The van der Waals surface area contributed by atoms with Gasteiger partial charge in [0.1, 0.15) is 0 Å². The lowest BCUT2D eigenvalue weighted by molar-refractivity contribution is 0.100. The Morgan fingerprint density at radius 3 is 2.15 bits per heavy atom. The Labute approximate surface area is 82.1 Å². The molecule has 0 saturated heterocycles. The average molecular weight is 200 g/mol. The molecule has 0 aliphatic carbocycles. The molecule has 0 aliphatic rings. The lowest BCUT2D eigenvalue weighted by Crippen LogP contribution is -2.24. The van der Waals surface area contributed by atoms with E-state index in [1.54, 1.807) is 24.3 Å². The molecule has 1 aromatic carbocycles. The molecule has 0 saturated carbocycles. The highest BCUT2D eigenvalue weighted by atomic mass is 35.5. The monoisotopic (exact) mass is 199 g/mol. The van der Waals surface area contributed by atoms with Gasteiger partial charge in [-0.05, 0) is 12.1 Å². The van der Waals surface area contributed by atoms with Gasteiger partial charge in [-0.1, -0.05) is 18.2 Å². The summed E-state index contributed by atoms with van der Waals surface area (Å²) in [7, 11) is 0. The molecule has 0 aliphatic heterocycles. The smallest absolute Gasteiger partial charge is 0.280 e. The van der Waals surface area contributed by atoms with Crippen LogP contribution in [0.25, 0.3) is 0 Å². The number of nitrogens with zero attached hydrogens (tertiary/aromatic N) is 1. The molecule has 1 aromatic rings. The van der Waals surface area contributed by atoms with Crippen molar-refractivity contribution in [2.75, 3.05) is 0 Å². The van der Waals surface area contributed by atoms with Gasteiger partial charge in [0.2, 0.25) is 0 Å². The summed E-state index contributed by atoms with van der Waals surface area (Å²) in [5.74, 6) is -0.639. The molecule has 0 unspecified atom stereocenters. The Kier molecular flexibility index (Phi) is 4.54. The summed E-state index contributed by atoms with van der Waals surface area (Å²) in [5, 5.41) is 0. The lowest BCUT2D eigenvalue weighted by Gasteiger charge is -1.93. The number of halogens is 1. The molecule has 0 heterocycles. The minimum Gasteiger partial charge on any atom is -0.370 e. The fourth-order valence-corrected chi connectivity index (χ4v) is 0.763. The number of nitrogens with two attached hydrogens (primary N) is 2. The summed E-state index contributed by atoms with van der Waals surface area (Å²) in [5.41, 5.74) is 10.6. The minimum absolute atomic E-state index is 0. The van der Waals surface area contributed by atoms with Crippen LogP contribution in [0, 0.1) is 0 Å². The van der Waals surface area contributed by atoms with Crippen molar-refractivity contribution >= 4 is 24.3 Å². The van der Waals surface area contributed by atoms with Crippen LogP contribution in [-0.4, -0.2) is 11.9 Å². The molecule has 0 bridgehead atoms. The van der Waals surface area contributed by atoms with E-state index in [9.17, 15) is 4.79 Å². The summed E-state index contributed by atoms with van der Waals surface area (Å²) < 4.78 is 0. The van der Waals surface area contributed by atoms with Crippen LogP contribution in [0.1, 0.15) is 10.4 Å². The third kappa shape index (κ3) is 3.57. The first-order valence-corrected chi connectivity index (χ1v) is 3.39. The maximum Gasteiger partial charge on any atom is 0.280 e. The first-order chi connectivity index (χ1) is 5.70. The number of carbonyl (C=O) groups is 1. The standard InChI is InChI=1S/C8H9N3O.ClH/c9-8(10)11-7(12)6-4-2-1-3-5-6;/h1-5H,(H4,9,10,11,12);1H. The third-order valence-electron chi connectivity index (χ3n) is 1.25. The number of carbonyl (C=O) groups excluding carboxylic acids is 1. The van der Waals surface area contributed by atoms with E-state index < -0.39 is 5.91 Å². The molecule has 0 aromatic heterocycles. The summed E-state index contributed by atoms with van der Waals surface area (Å²) in [6, 6.07) is 8.60. The van der Waals surface area contributed by atoms with Crippen LogP contribution in [0.3, 0.4) is 0 Å². The second-order valence-electron chi connectivity index (χ2n) is 2.21. The minimum atomic E-state index is -0.421. The van der Waals surface area contributed by atoms with Gasteiger partial charge in [0.05, 0.1) is 0 Å². The van der Waals surface area contributed by atoms with Crippen molar-refractivity contribution in [3.05, 3.63) is 35.9 Å². The number of aliphatic imine (C=N–C) groups is 1. The zero-order chi connectivity index (χ0) is 8.97. The molecule has 4 nitrogen and oxygen atoms in total. The summed E-state index contributed by atoms with van der Waals surface area (Å²) >= 11 is 0. The van der Waals surface area contributed by atoms with E-state index in [1.165, 1.54) is 0 Å². The maximum atomic E-state index is 11.1. The Hall–Kier alpha value is -1.55. The van der Waals surface area contributed by atoms with Gasteiger partial charge in [-0.25, -0.2) is 0 Å². The van der Waals surface area contributed by atoms with E-state index in [0.717, 1.165) is 0 Å². The number of benzene rings is 1. The molecule has 70 valence electrons. The lowest BCUT2D eigenvalue weighted by atomic mass is 10.2. The zero-order valence-corrected chi connectivity index (χ0v) is 7.62. The second kappa shape index (κ2) is 5.16. The van der Waals surface area contributed by atoms with Gasteiger partial charge >= 0.3 is 0 Å². The first-order valence-electron chi connectivity index (χ1n) is 3.39. The van der Waals surface area contributed by atoms with E-state index in [0.29, 0.717) is 5.56 Å². The van der Waals surface area contributed by atoms with Crippen molar-refractivity contribution in [2.24, 2.45) is 16.5 Å². The fourth-order valence-electron chi connectivity index (χ4n) is 0.763. The molecule has 0 fully saturated rings. The third-order valence-corrected chi connectivity index (χ3v) is 1.25. The van der Waals surface area contributed by atoms with E-state index in [1.807, 2.05) is 6.07 Å². The van der Waals surface area contributed by atoms with E-state index in [4.69, 9.17) is 11.5 Å². The van der Waals surface area contributed by atoms with Gasteiger partial charge in [0, 0.05) is 5.56 Å². The maximum absolute atomic E-state index is 11.1.